The Kier molecular flexibility index (Phi) is 4.73. The molecule has 1 aromatic carbocycles. The summed E-state index contributed by atoms with van der Waals surface area (Å²) in [6.07, 6.45) is 1.01. The topological polar surface area (TPSA) is 21.3 Å². The Balaban J connectivity index is 2.48. The van der Waals surface area contributed by atoms with E-state index >= 15 is 0 Å². The van der Waals surface area contributed by atoms with Crippen LogP contribution in [0.25, 0.3) is 0 Å². The van der Waals surface area contributed by atoms with Gasteiger partial charge >= 0.3 is 6.61 Å². The maximum Gasteiger partial charge on any atom is 0.387 e. The van der Waals surface area contributed by atoms with E-state index in [2.05, 4.69) is 30.8 Å². The van der Waals surface area contributed by atoms with Crippen LogP contribution < -0.4 is 10.1 Å². The maximum absolute atomic E-state index is 12.0. The molecule has 1 aromatic rings. The minimum atomic E-state index is -2.78. The van der Waals surface area contributed by atoms with E-state index in [4.69, 9.17) is 0 Å². The molecular formula is C13H19F2NO. The third kappa shape index (κ3) is 6.09. The lowest BCUT2D eigenvalue weighted by molar-refractivity contribution is -0.0498. The Hall–Kier alpha value is -1.32. The Morgan fingerprint density at radius 2 is 2.00 bits per heavy atom. The second kappa shape index (κ2) is 5.84. The molecule has 0 unspecified atom stereocenters. The van der Waals surface area contributed by atoms with Gasteiger partial charge < -0.3 is 10.1 Å². The first kappa shape index (κ1) is 13.7. The summed E-state index contributed by atoms with van der Waals surface area (Å²) in [5.41, 5.74) is 1.05. The Morgan fingerprint density at radius 3 is 2.59 bits per heavy atom. The average molecular weight is 243 g/mol. The third-order valence-corrected chi connectivity index (χ3v) is 2.26. The highest BCUT2D eigenvalue weighted by molar-refractivity contribution is 5.48. The lowest BCUT2D eigenvalue weighted by Crippen LogP contribution is -2.12. The van der Waals surface area contributed by atoms with Gasteiger partial charge in [-0.2, -0.15) is 8.78 Å². The normalized spacial score (nSPS) is 11.6. The summed E-state index contributed by atoms with van der Waals surface area (Å²) in [4.78, 5) is 0. The lowest BCUT2D eigenvalue weighted by atomic mass is 9.92. The van der Waals surface area contributed by atoms with E-state index in [-0.39, 0.29) is 11.2 Å². The van der Waals surface area contributed by atoms with Crippen LogP contribution in [-0.2, 0) is 0 Å². The smallest absolute Gasteiger partial charge is 0.387 e. The second-order valence-electron chi connectivity index (χ2n) is 5.14. The summed E-state index contributed by atoms with van der Waals surface area (Å²) in [7, 11) is 0. The van der Waals surface area contributed by atoms with Crippen LogP contribution in [0.3, 0.4) is 0 Å². The maximum atomic E-state index is 12.0. The van der Waals surface area contributed by atoms with Gasteiger partial charge in [-0.05, 0) is 24.0 Å². The van der Waals surface area contributed by atoms with E-state index in [1.54, 1.807) is 12.1 Å². The first-order chi connectivity index (χ1) is 7.87. The molecule has 0 heterocycles. The molecule has 0 aromatic heterocycles. The van der Waals surface area contributed by atoms with Gasteiger partial charge in [0.2, 0.25) is 0 Å². The van der Waals surface area contributed by atoms with Crippen molar-refractivity contribution in [3.63, 3.8) is 0 Å². The predicted octanol–water partition coefficient (Wildman–Crippen LogP) is 4.14. The van der Waals surface area contributed by atoms with E-state index in [0.29, 0.717) is 0 Å². The van der Waals surface area contributed by atoms with Crippen molar-refractivity contribution in [2.75, 3.05) is 11.9 Å². The average Bonchev–Trinajstić information content (AvgIpc) is 2.15. The number of halogens is 2. The Bertz CT molecular complexity index is 348. The lowest BCUT2D eigenvalue weighted by Gasteiger charge is -2.18. The van der Waals surface area contributed by atoms with Crippen molar-refractivity contribution in [3.8, 4) is 5.75 Å². The molecule has 0 aliphatic rings. The zero-order valence-corrected chi connectivity index (χ0v) is 10.5. The van der Waals surface area contributed by atoms with Crippen LogP contribution in [-0.4, -0.2) is 13.2 Å². The van der Waals surface area contributed by atoms with E-state index in [9.17, 15) is 8.78 Å². The monoisotopic (exact) mass is 243 g/mol. The Labute approximate surface area is 101 Å². The molecular weight excluding hydrogens is 224 g/mol. The summed E-state index contributed by atoms with van der Waals surface area (Å²) < 4.78 is 28.4. The van der Waals surface area contributed by atoms with E-state index < -0.39 is 6.61 Å². The summed E-state index contributed by atoms with van der Waals surface area (Å²) >= 11 is 0. The van der Waals surface area contributed by atoms with Crippen molar-refractivity contribution in [2.45, 2.75) is 33.8 Å². The second-order valence-corrected chi connectivity index (χ2v) is 5.14. The minimum absolute atomic E-state index is 0.181. The number of rotatable bonds is 5. The summed E-state index contributed by atoms with van der Waals surface area (Å²) in [6.45, 7) is 4.50. The molecule has 1 rings (SSSR count). The van der Waals surface area contributed by atoms with Crippen LogP contribution in [0.2, 0.25) is 0 Å². The number of alkyl halides is 2. The highest BCUT2D eigenvalue weighted by Gasteiger charge is 2.09. The first-order valence-corrected chi connectivity index (χ1v) is 5.65. The number of anilines is 1. The molecule has 0 saturated carbocycles. The van der Waals surface area contributed by atoms with Crippen molar-refractivity contribution < 1.29 is 13.5 Å². The van der Waals surface area contributed by atoms with Crippen LogP contribution in [0.4, 0.5) is 14.5 Å². The highest BCUT2D eigenvalue weighted by Crippen LogP contribution is 2.21. The van der Waals surface area contributed by atoms with Gasteiger partial charge in [0.1, 0.15) is 5.75 Å². The summed E-state index contributed by atoms with van der Waals surface area (Å²) in [6, 6.07) is 6.62. The van der Waals surface area contributed by atoms with E-state index in [1.165, 1.54) is 6.07 Å². The minimum Gasteiger partial charge on any atom is -0.435 e. The summed E-state index contributed by atoms with van der Waals surface area (Å²) in [5.74, 6) is 0.181. The van der Waals surface area contributed by atoms with Gasteiger partial charge in [-0.15, -0.1) is 0 Å². The number of hydrogen-bond donors (Lipinski definition) is 1. The largest absolute Gasteiger partial charge is 0.435 e. The van der Waals surface area contributed by atoms with Gasteiger partial charge in [0.05, 0.1) is 0 Å². The first-order valence-electron chi connectivity index (χ1n) is 5.65. The fraction of sp³-hybridized carbons (Fsp3) is 0.538. The molecule has 1 N–H and O–H groups in total. The molecule has 0 radical (unpaired) electrons. The van der Waals surface area contributed by atoms with Crippen molar-refractivity contribution in [2.24, 2.45) is 5.41 Å². The van der Waals surface area contributed by atoms with Crippen LogP contribution in [0.1, 0.15) is 27.2 Å². The van der Waals surface area contributed by atoms with Gasteiger partial charge in [0, 0.05) is 18.3 Å². The number of hydrogen-bond acceptors (Lipinski definition) is 2. The van der Waals surface area contributed by atoms with E-state index in [0.717, 1.165) is 18.7 Å². The van der Waals surface area contributed by atoms with Crippen molar-refractivity contribution in [1.29, 1.82) is 0 Å². The molecule has 4 heteroatoms. The zero-order chi connectivity index (χ0) is 12.9. The number of ether oxygens (including phenoxy) is 1. The molecule has 0 fully saturated rings. The molecule has 0 aliphatic heterocycles. The molecule has 0 saturated heterocycles. The quantitative estimate of drug-likeness (QED) is 0.839. The molecule has 0 aliphatic carbocycles. The molecule has 17 heavy (non-hydrogen) atoms. The van der Waals surface area contributed by atoms with Crippen molar-refractivity contribution in [3.05, 3.63) is 24.3 Å². The Morgan fingerprint density at radius 1 is 1.29 bits per heavy atom. The van der Waals surface area contributed by atoms with Crippen LogP contribution in [0, 0.1) is 5.41 Å². The van der Waals surface area contributed by atoms with E-state index in [1.807, 2.05) is 6.07 Å². The van der Waals surface area contributed by atoms with Gasteiger partial charge in [0.15, 0.2) is 0 Å². The molecule has 0 spiro atoms. The van der Waals surface area contributed by atoms with Crippen molar-refractivity contribution in [1.82, 2.24) is 0 Å². The van der Waals surface area contributed by atoms with Gasteiger partial charge in [-0.1, -0.05) is 26.8 Å². The molecule has 96 valence electrons. The SMILES string of the molecule is CC(C)(C)CCNc1cccc(OC(F)F)c1. The number of nitrogens with one attached hydrogen (secondary N) is 1. The molecule has 0 bridgehead atoms. The fourth-order valence-electron chi connectivity index (χ4n) is 1.36. The standard InChI is InChI=1S/C13H19F2NO/c1-13(2,3)7-8-16-10-5-4-6-11(9-10)17-12(14)15/h4-6,9,12,16H,7-8H2,1-3H3. The number of benzene rings is 1. The van der Waals surface area contributed by atoms with Gasteiger partial charge in [-0.3, -0.25) is 0 Å². The van der Waals surface area contributed by atoms with Crippen LogP contribution >= 0.6 is 0 Å². The highest BCUT2D eigenvalue weighted by atomic mass is 19.3. The third-order valence-electron chi connectivity index (χ3n) is 2.26. The fourth-order valence-corrected chi connectivity index (χ4v) is 1.36. The predicted molar refractivity (Wildman–Crippen MR) is 65.6 cm³/mol. The van der Waals surface area contributed by atoms with Crippen molar-refractivity contribution >= 4 is 5.69 Å². The molecule has 2 nitrogen and oxygen atoms in total. The molecule has 0 amide bonds. The zero-order valence-electron chi connectivity index (χ0n) is 10.5. The van der Waals surface area contributed by atoms with Crippen LogP contribution in [0.15, 0.2) is 24.3 Å². The van der Waals surface area contributed by atoms with Crippen LogP contribution in [0.5, 0.6) is 5.75 Å². The van der Waals surface area contributed by atoms with Gasteiger partial charge in [-0.25, -0.2) is 0 Å². The molecule has 0 atom stereocenters. The van der Waals surface area contributed by atoms with Gasteiger partial charge in [0.25, 0.3) is 0 Å². The summed E-state index contributed by atoms with van der Waals surface area (Å²) in [5, 5.41) is 3.19.